The monoisotopic (exact) mass is 428 g/mol. The van der Waals surface area contributed by atoms with E-state index in [1.807, 2.05) is 24.4 Å². The molecule has 3 N–H and O–H groups in total. The lowest BCUT2D eigenvalue weighted by atomic mass is 9.94. The molecule has 0 bridgehead atoms. The number of Topliss-reactive ketones (excluding diaryl/α,β-unsaturated/α-hetero) is 2. The van der Waals surface area contributed by atoms with Crippen molar-refractivity contribution in [2.45, 2.75) is 19.3 Å². The van der Waals surface area contributed by atoms with E-state index in [0.717, 1.165) is 22.2 Å². The number of H-pyrrole nitrogens is 1. The van der Waals surface area contributed by atoms with E-state index < -0.39 is 23.1 Å². The van der Waals surface area contributed by atoms with Crippen molar-refractivity contribution in [3.63, 3.8) is 0 Å². The lowest BCUT2D eigenvalue weighted by Crippen LogP contribution is -2.28. The van der Waals surface area contributed by atoms with Crippen molar-refractivity contribution in [1.29, 1.82) is 0 Å². The first-order valence-corrected chi connectivity index (χ1v) is 9.65. The third-order valence-corrected chi connectivity index (χ3v) is 5.09. The topological polar surface area (TPSA) is 127 Å². The molecule has 3 rings (SSSR count). The molecule has 0 unspecified atom stereocenters. The predicted octanol–water partition coefficient (Wildman–Crippen LogP) is 2.08. The molecule has 0 saturated carbocycles. The third-order valence-electron chi connectivity index (χ3n) is 5.09. The second kappa shape index (κ2) is 9.38. The number of hydrogen-bond acceptors (Lipinski definition) is 7. The van der Waals surface area contributed by atoms with Crippen molar-refractivity contribution in [1.82, 2.24) is 10.3 Å². The van der Waals surface area contributed by atoms with E-state index in [4.69, 9.17) is 14.2 Å². The molecule has 2 aromatic rings. The highest BCUT2D eigenvalue weighted by Crippen LogP contribution is 2.27. The van der Waals surface area contributed by atoms with Gasteiger partial charge in [-0.15, -0.1) is 0 Å². The van der Waals surface area contributed by atoms with Gasteiger partial charge < -0.3 is 29.6 Å². The minimum atomic E-state index is -0.843. The highest BCUT2D eigenvalue weighted by molar-refractivity contribution is 6.22. The molecule has 1 aromatic heterocycles. The molecule has 1 amide bonds. The summed E-state index contributed by atoms with van der Waals surface area (Å²) in [5.41, 5.74) is 2.02. The van der Waals surface area contributed by atoms with Crippen LogP contribution in [0.1, 0.15) is 18.4 Å². The number of hydrogen-bond donors (Lipinski definition) is 3. The van der Waals surface area contributed by atoms with Gasteiger partial charge in [0.05, 0.1) is 26.9 Å². The Hall–Kier alpha value is -3.75. The molecule has 1 aliphatic rings. The van der Waals surface area contributed by atoms with Gasteiger partial charge in [0, 0.05) is 30.1 Å². The van der Waals surface area contributed by atoms with Gasteiger partial charge in [-0.25, -0.2) is 0 Å². The Morgan fingerprint density at radius 1 is 1.03 bits per heavy atom. The van der Waals surface area contributed by atoms with Crippen LogP contribution in [0.15, 0.2) is 47.2 Å². The Bertz CT molecular complexity index is 1090. The smallest absolute Gasteiger partial charge is 0.266 e. The van der Waals surface area contributed by atoms with Crippen LogP contribution in [0.2, 0.25) is 0 Å². The number of aromatic amines is 1. The van der Waals surface area contributed by atoms with E-state index >= 15 is 0 Å². The van der Waals surface area contributed by atoms with Crippen molar-refractivity contribution in [3.8, 4) is 5.75 Å². The lowest BCUT2D eigenvalue weighted by molar-refractivity contribution is -0.123. The first-order valence-electron chi connectivity index (χ1n) is 9.65. The van der Waals surface area contributed by atoms with E-state index in [0.29, 0.717) is 13.0 Å². The fraction of sp³-hybridized carbons (Fsp3) is 0.318. The number of nitrogens with one attached hydrogen (secondary N) is 2. The molecule has 0 radical (unpaired) electrons. The largest absolute Gasteiger partial charge is 0.501 e. The summed E-state index contributed by atoms with van der Waals surface area (Å²) < 4.78 is 15.1. The van der Waals surface area contributed by atoms with Gasteiger partial charge in [-0.2, -0.15) is 0 Å². The van der Waals surface area contributed by atoms with Crippen LogP contribution < -0.4 is 10.1 Å². The molecular weight excluding hydrogens is 404 g/mol. The summed E-state index contributed by atoms with van der Waals surface area (Å²) in [6.07, 6.45) is 2.45. The second-order valence-electron chi connectivity index (χ2n) is 6.88. The van der Waals surface area contributed by atoms with E-state index in [1.165, 1.54) is 14.2 Å². The zero-order valence-corrected chi connectivity index (χ0v) is 17.5. The Labute approximate surface area is 178 Å². The van der Waals surface area contributed by atoms with Gasteiger partial charge in [-0.1, -0.05) is 0 Å². The fourth-order valence-electron chi connectivity index (χ4n) is 3.48. The summed E-state index contributed by atoms with van der Waals surface area (Å²) in [6, 6.07) is 5.73. The molecule has 1 aliphatic carbocycles. The molecule has 9 nitrogen and oxygen atoms in total. The van der Waals surface area contributed by atoms with Crippen LogP contribution in [0.5, 0.6) is 5.75 Å². The Morgan fingerprint density at radius 2 is 1.77 bits per heavy atom. The maximum Gasteiger partial charge on any atom is 0.266 e. The molecule has 0 atom stereocenters. The summed E-state index contributed by atoms with van der Waals surface area (Å²) in [5, 5.41) is 13.6. The number of carbonyl (C=O) groups excluding carboxylic acids is 3. The van der Waals surface area contributed by atoms with E-state index in [9.17, 15) is 19.5 Å². The number of carbonyl (C=O) groups is 3. The average Bonchev–Trinajstić information content (AvgIpc) is 3.17. The number of aromatic nitrogens is 1. The Morgan fingerprint density at radius 3 is 2.45 bits per heavy atom. The van der Waals surface area contributed by atoms with Crippen LogP contribution in [0.4, 0.5) is 0 Å². The van der Waals surface area contributed by atoms with Gasteiger partial charge in [0.15, 0.2) is 5.76 Å². The van der Waals surface area contributed by atoms with Crippen molar-refractivity contribution < 1.29 is 33.7 Å². The van der Waals surface area contributed by atoms with Crippen molar-refractivity contribution in [2.75, 3.05) is 27.9 Å². The van der Waals surface area contributed by atoms with Crippen molar-refractivity contribution in [3.05, 3.63) is 52.8 Å². The highest BCUT2D eigenvalue weighted by Gasteiger charge is 2.36. The van der Waals surface area contributed by atoms with Gasteiger partial charge in [0.25, 0.3) is 5.78 Å². The SMILES string of the molecule is COC1=C(O)C(=O)C(OC)=C(CCC(=O)NCCc2c[nH]c3ccc(OC)cc23)C1=O. The number of aliphatic hydroxyl groups is 1. The standard InChI is InChI=1S/C22H24N2O7/c1-29-13-4-6-16-15(10-13)12(11-24-16)8-9-23-17(25)7-5-14-18(26)22(31-3)20(28)19(27)21(14)30-2/h4,6,10-11,24,28H,5,7-9H2,1-3H3,(H,23,25). The quantitative estimate of drug-likeness (QED) is 0.522. The van der Waals surface area contributed by atoms with Crippen LogP contribution in [0.3, 0.4) is 0 Å². The number of fused-ring (bicyclic) bond motifs is 1. The lowest BCUT2D eigenvalue weighted by Gasteiger charge is -2.19. The van der Waals surface area contributed by atoms with Crippen LogP contribution >= 0.6 is 0 Å². The van der Waals surface area contributed by atoms with Crippen LogP contribution in [-0.2, 0) is 30.3 Å². The highest BCUT2D eigenvalue weighted by atomic mass is 16.5. The number of methoxy groups -OCH3 is 3. The minimum absolute atomic E-state index is 0.000948. The second-order valence-corrected chi connectivity index (χ2v) is 6.88. The van der Waals surface area contributed by atoms with Gasteiger partial charge in [-0.3, -0.25) is 14.4 Å². The summed E-state index contributed by atoms with van der Waals surface area (Å²) in [5.74, 6) is -2.56. The fourth-order valence-corrected chi connectivity index (χ4v) is 3.48. The molecule has 1 aromatic carbocycles. The molecule has 0 saturated heterocycles. The Balaban J connectivity index is 1.59. The zero-order chi connectivity index (χ0) is 22.5. The van der Waals surface area contributed by atoms with Crippen LogP contribution in [0, 0.1) is 0 Å². The predicted molar refractivity (Wildman–Crippen MR) is 112 cm³/mol. The maximum atomic E-state index is 12.5. The van der Waals surface area contributed by atoms with Crippen molar-refractivity contribution in [2.24, 2.45) is 0 Å². The summed E-state index contributed by atoms with van der Waals surface area (Å²) in [4.78, 5) is 40.1. The molecular formula is C22H24N2O7. The van der Waals surface area contributed by atoms with Crippen LogP contribution in [-0.4, -0.2) is 55.4 Å². The molecule has 0 fully saturated rings. The van der Waals surface area contributed by atoms with Crippen LogP contribution in [0.25, 0.3) is 10.9 Å². The van der Waals surface area contributed by atoms with E-state index in [-0.39, 0.29) is 30.1 Å². The number of ketones is 2. The van der Waals surface area contributed by atoms with E-state index in [1.54, 1.807) is 7.11 Å². The minimum Gasteiger partial charge on any atom is -0.501 e. The van der Waals surface area contributed by atoms with Gasteiger partial charge >= 0.3 is 0 Å². The number of ether oxygens (including phenoxy) is 3. The molecule has 0 spiro atoms. The Kier molecular flexibility index (Phi) is 6.64. The average molecular weight is 428 g/mol. The summed E-state index contributed by atoms with van der Waals surface area (Å²) in [7, 11) is 4.01. The van der Waals surface area contributed by atoms with Gasteiger partial charge in [-0.05, 0) is 36.6 Å². The number of aliphatic hydroxyl groups excluding tert-OH is 1. The first kappa shape index (κ1) is 21.9. The maximum absolute atomic E-state index is 12.5. The van der Waals surface area contributed by atoms with Gasteiger partial charge in [0.1, 0.15) is 5.75 Å². The number of allylic oxidation sites excluding steroid dienone is 1. The van der Waals surface area contributed by atoms with Gasteiger partial charge in [0.2, 0.25) is 23.2 Å². The number of amides is 1. The molecule has 9 heteroatoms. The molecule has 1 heterocycles. The van der Waals surface area contributed by atoms with E-state index in [2.05, 4.69) is 10.3 Å². The van der Waals surface area contributed by atoms with Crippen molar-refractivity contribution >= 4 is 28.4 Å². The molecule has 31 heavy (non-hydrogen) atoms. The zero-order valence-electron chi connectivity index (χ0n) is 17.5. The summed E-state index contributed by atoms with van der Waals surface area (Å²) >= 11 is 0. The third kappa shape index (κ3) is 4.40. The molecule has 164 valence electrons. The number of benzene rings is 1. The first-order chi connectivity index (χ1) is 14.9. The normalized spacial score (nSPS) is 14.3. The molecule has 0 aliphatic heterocycles. The number of rotatable bonds is 9. The summed E-state index contributed by atoms with van der Waals surface area (Å²) in [6.45, 7) is 0.399.